The van der Waals surface area contributed by atoms with Gasteiger partial charge >= 0.3 is 0 Å². The number of amides is 1. The van der Waals surface area contributed by atoms with Crippen LogP contribution in [0.4, 0.5) is 0 Å². The van der Waals surface area contributed by atoms with Gasteiger partial charge in [-0.3, -0.25) is 4.79 Å². The van der Waals surface area contributed by atoms with E-state index in [0.29, 0.717) is 5.41 Å². The van der Waals surface area contributed by atoms with Gasteiger partial charge in [0.15, 0.2) is 5.96 Å². The summed E-state index contributed by atoms with van der Waals surface area (Å²) in [7, 11) is 3.50. The summed E-state index contributed by atoms with van der Waals surface area (Å²) < 4.78 is 0. The standard InChI is InChI=1S/C14H28N4O.HI/c1-5-14(8-7-9-14)11-17-13(15-6-2)16-10-12(19)18(3)4;/h5-11H2,1-4H3,(H2,15,16,17);1H. The van der Waals surface area contributed by atoms with Gasteiger partial charge in [-0.2, -0.15) is 0 Å². The molecule has 0 bridgehead atoms. The molecular formula is C14H29IN4O. The first-order valence-electron chi connectivity index (χ1n) is 7.25. The molecule has 0 aromatic rings. The zero-order valence-corrected chi connectivity index (χ0v) is 15.5. The van der Waals surface area contributed by atoms with Gasteiger partial charge in [-0.25, -0.2) is 4.99 Å². The van der Waals surface area contributed by atoms with Crippen LogP contribution in [0.3, 0.4) is 0 Å². The van der Waals surface area contributed by atoms with Crippen LogP contribution < -0.4 is 10.6 Å². The van der Waals surface area contributed by atoms with Crippen LogP contribution in [0.2, 0.25) is 0 Å². The zero-order valence-electron chi connectivity index (χ0n) is 13.2. The van der Waals surface area contributed by atoms with Gasteiger partial charge in [-0.05, 0) is 31.6 Å². The van der Waals surface area contributed by atoms with Crippen molar-refractivity contribution in [1.82, 2.24) is 15.5 Å². The summed E-state index contributed by atoms with van der Waals surface area (Å²) in [6, 6.07) is 0. The second-order valence-electron chi connectivity index (χ2n) is 5.54. The number of guanidine groups is 1. The van der Waals surface area contributed by atoms with E-state index in [9.17, 15) is 4.79 Å². The lowest BCUT2D eigenvalue weighted by atomic mass is 9.67. The molecule has 1 aliphatic rings. The third-order valence-corrected chi connectivity index (χ3v) is 4.01. The Hall–Kier alpha value is -0.530. The molecule has 5 nitrogen and oxygen atoms in total. The summed E-state index contributed by atoms with van der Waals surface area (Å²) in [5.74, 6) is 0.767. The maximum absolute atomic E-state index is 11.5. The van der Waals surface area contributed by atoms with Crippen LogP contribution in [0.5, 0.6) is 0 Å². The van der Waals surface area contributed by atoms with Gasteiger partial charge in [-0.1, -0.05) is 13.3 Å². The van der Waals surface area contributed by atoms with Crippen LogP contribution in [-0.4, -0.2) is 50.5 Å². The number of nitrogens with zero attached hydrogens (tertiary/aromatic N) is 2. The number of hydrogen-bond acceptors (Lipinski definition) is 2. The number of rotatable bonds is 6. The molecule has 0 radical (unpaired) electrons. The van der Waals surface area contributed by atoms with Crippen molar-refractivity contribution in [2.45, 2.75) is 39.5 Å². The minimum atomic E-state index is 0. The molecule has 1 fully saturated rings. The number of likely N-dealkylation sites (N-methyl/N-ethyl adjacent to an activating group) is 1. The van der Waals surface area contributed by atoms with Crippen molar-refractivity contribution in [3.63, 3.8) is 0 Å². The van der Waals surface area contributed by atoms with Gasteiger partial charge in [0, 0.05) is 27.2 Å². The molecule has 0 spiro atoms. The molecule has 0 aromatic carbocycles. The second-order valence-corrected chi connectivity index (χ2v) is 5.54. The quantitative estimate of drug-likeness (QED) is 0.409. The van der Waals surface area contributed by atoms with Gasteiger partial charge in [-0.15, -0.1) is 24.0 Å². The minimum absolute atomic E-state index is 0. The molecule has 6 heteroatoms. The summed E-state index contributed by atoms with van der Waals surface area (Å²) >= 11 is 0. The molecule has 20 heavy (non-hydrogen) atoms. The Morgan fingerprint density at radius 3 is 2.30 bits per heavy atom. The Labute approximate surface area is 140 Å². The monoisotopic (exact) mass is 396 g/mol. The lowest BCUT2D eigenvalue weighted by molar-refractivity contribution is -0.127. The zero-order chi connectivity index (χ0) is 14.3. The normalized spacial score (nSPS) is 16.7. The number of halogens is 1. The topological polar surface area (TPSA) is 56.7 Å². The van der Waals surface area contributed by atoms with Crippen LogP contribution >= 0.6 is 24.0 Å². The SMILES string of the molecule is CCNC(=NCC(=O)N(C)C)NCC1(CC)CCC1.I. The average Bonchev–Trinajstić information content (AvgIpc) is 2.34. The summed E-state index contributed by atoms with van der Waals surface area (Å²) in [5.41, 5.74) is 0.446. The van der Waals surface area contributed by atoms with E-state index in [2.05, 4.69) is 22.5 Å². The van der Waals surface area contributed by atoms with Crippen LogP contribution in [0.25, 0.3) is 0 Å². The molecule has 0 aromatic heterocycles. The van der Waals surface area contributed by atoms with Crippen molar-refractivity contribution in [1.29, 1.82) is 0 Å². The Bertz CT molecular complexity index is 322. The predicted molar refractivity (Wildman–Crippen MR) is 94.7 cm³/mol. The molecule has 1 aliphatic carbocycles. The first-order valence-corrected chi connectivity index (χ1v) is 7.25. The summed E-state index contributed by atoms with van der Waals surface area (Å²) in [5, 5.41) is 6.57. The van der Waals surface area contributed by atoms with E-state index < -0.39 is 0 Å². The smallest absolute Gasteiger partial charge is 0.243 e. The molecule has 0 atom stereocenters. The highest BCUT2D eigenvalue weighted by Gasteiger charge is 2.34. The fourth-order valence-electron chi connectivity index (χ4n) is 2.23. The van der Waals surface area contributed by atoms with Crippen LogP contribution in [0.15, 0.2) is 4.99 Å². The number of carbonyl (C=O) groups excluding carboxylic acids is 1. The summed E-state index contributed by atoms with van der Waals surface area (Å²) in [6.45, 7) is 6.23. The fraction of sp³-hybridized carbons (Fsp3) is 0.857. The van der Waals surface area contributed by atoms with Crippen LogP contribution in [-0.2, 0) is 4.79 Å². The molecule has 1 amide bonds. The van der Waals surface area contributed by atoms with Crippen molar-refractivity contribution >= 4 is 35.8 Å². The van der Waals surface area contributed by atoms with Crippen molar-refractivity contribution in [3.05, 3.63) is 0 Å². The highest BCUT2D eigenvalue weighted by atomic mass is 127. The minimum Gasteiger partial charge on any atom is -0.357 e. The van der Waals surface area contributed by atoms with Crippen molar-refractivity contribution in [3.8, 4) is 0 Å². The number of hydrogen-bond donors (Lipinski definition) is 2. The molecule has 0 unspecified atom stereocenters. The van der Waals surface area contributed by atoms with E-state index in [1.165, 1.54) is 25.7 Å². The third kappa shape index (κ3) is 5.85. The number of carbonyl (C=O) groups is 1. The lowest BCUT2D eigenvalue weighted by Crippen LogP contribution is -2.46. The molecule has 118 valence electrons. The van der Waals surface area contributed by atoms with E-state index in [0.717, 1.165) is 19.0 Å². The Balaban J connectivity index is 0.00000361. The van der Waals surface area contributed by atoms with Gasteiger partial charge in [0.05, 0.1) is 0 Å². The lowest BCUT2D eigenvalue weighted by Gasteiger charge is -2.41. The first-order chi connectivity index (χ1) is 9.03. The summed E-state index contributed by atoms with van der Waals surface area (Å²) in [4.78, 5) is 17.4. The van der Waals surface area contributed by atoms with E-state index in [4.69, 9.17) is 0 Å². The van der Waals surface area contributed by atoms with E-state index in [-0.39, 0.29) is 36.4 Å². The maximum Gasteiger partial charge on any atom is 0.243 e. The predicted octanol–water partition coefficient (Wildman–Crippen LogP) is 1.83. The molecule has 1 rings (SSSR count). The average molecular weight is 396 g/mol. The van der Waals surface area contributed by atoms with Crippen LogP contribution in [0, 0.1) is 5.41 Å². The van der Waals surface area contributed by atoms with E-state index in [1.807, 2.05) is 6.92 Å². The maximum atomic E-state index is 11.5. The van der Waals surface area contributed by atoms with Crippen molar-refractivity contribution < 1.29 is 4.79 Å². The number of nitrogens with one attached hydrogen (secondary N) is 2. The summed E-state index contributed by atoms with van der Waals surface area (Å²) in [6.07, 6.45) is 5.14. The van der Waals surface area contributed by atoms with Gasteiger partial charge in [0.1, 0.15) is 6.54 Å². The van der Waals surface area contributed by atoms with Crippen LogP contribution in [0.1, 0.15) is 39.5 Å². The molecule has 0 saturated heterocycles. The molecule has 0 heterocycles. The van der Waals surface area contributed by atoms with Crippen molar-refractivity contribution in [2.24, 2.45) is 10.4 Å². The third-order valence-electron chi connectivity index (χ3n) is 4.01. The van der Waals surface area contributed by atoms with Gasteiger partial charge in [0.25, 0.3) is 0 Å². The highest BCUT2D eigenvalue weighted by molar-refractivity contribution is 14.0. The Kier molecular flexibility index (Phi) is 9.16. The highest BCUT2D eigenvalue weighted by Crippen LogP contribution is 2.42. The largest absolute Gasteiger partial charge is 0.357 e. The second kappa shape index (κ2) is 9.41. The van der Waals surface area contributed by atoms with E-state index in [1.54, 1.807) is 19.0 Å². The molecule has 2 N–H and O–H groups in total. The van der Waals surface area contributed by atoms with Crippen molar-refractivity contribution in [2.75, 3.05) is 33.7 Å². The molecular weight excluding hydrogens is 367 g/mol. The fourth-order valence-corrected chi connectivity index (χ4v) is 2.23. The Morgan fingerprint density at radius 2 is 1.90 bits per heavy atom. The molecule has 0 aliphatic heterocycles. The number of aliphatic imine (C=N–C) groups is 1. The van der Waals surface area contributed by atoms with Gasteiger partial charge in [0.2, 0.25) is 5.91 Å². The first kappa shape index (κ1) is 19.5. The van der Waals surface area contributed by atoms with Gasteiger partial charge < -0.3 is 15.5 Å². The van der Waals surface area contributed by atoms with E-state index >= 15 is 0 Å². The Morgan fingerprint density at radius 1 is 1.25 bits per heavy atom. The molecule has 1 saturated carbocycles.